The number of hydrogen-bond acceptors (Lipinski definition) is 4. The Kier molecular flexibility index (Phi) is 4.73. The second kappa shape index (κ2) is 6.73. The van der Waals surface area contributed by atoms with E-state index < -0.39 is 0 Å². The smallest absolute Gasteiger partial charge is 0.133 e. The van der Waals surface area contributed by atoms with Crippen molar-refractivity contribution in [2.45, 2.75) is 20.0 Å². The van der Waals surface area contributed by atoms with Gasteiger partial charge in [0.25, 0.3) is 0 Å². The molecule has 5 heteroatoms. The summed E-state index contributed by atoms with van der Waals surface area (Å²) in [5, 5.41) is 4.07. The van der Waals surface area contributed by atoms with Crippen LogP contribution in [-0.4, -0.2) is 41.1 Å². The molecule has 3 rings (SSSR count). The highest BCUT2D eigenvalue weighted by atomic mass is 79.9. The van der Waals surface area contributed by atoms with Crippen LogP contribution in [0.2, 0.25) is 0 Å². The van der Waals surface area contributed by atoms with Crippen LogP contribution >= 0.6 is 15.9 Å². The lowest BCUT2D eigenvalue weighted by molar-refractivity contribution is 0.120. The van der Waals surface area contributed by atoms with Crippen molar-refractivity contribution in [1.82, 2.24) is 15.0 Å². The Hall–Kier alpha value is -1.17. The van der Waals surface area contributed by atoms with Crippen LogP contribution in [0.25, 0.3) is 0 Å². The SMILES string of the molecule is Cc1cc(CN2CCN(Cc3ccccc3Br)CC2)no1. The zero-order valence-electron chi connectivity index (χ0n) is 12.3. The van der Waals surface area contributed by atoms with E-state index in [2.05, 4.69) is 55.2 Å². The number of aryl methyl sites for hydroxylation is 1. The van der Waals surface area contributed by atoms with E-state index in [0.717, 1.165) is 50.7 Å². The first-order valence-electron chi connectivity index (χ1n) is 7.31. The van der Waals surface area contributed by atoms with Crippen LogP contribution < -0.4 is 0 Å². The van der Waals surface area contributed by atoms with Gasteiger partial charge in [0.2, 0.25) is 0 Å². The first-order chi connectivity index (χ1) is 10.2. The summed E-state index contributed by atoms with van der Waals surface area (Å²) in [5.41, 5.74) is 2.39. The van der Waals surface area contributed by atoms with Crippen LogP contribution in [-0.2, 0) is 13.1 Å². The lowest BCUT2D eigenvalue weighted by Gasteiger charge is -2.34. The molecule has 1 aromatic heterocycles. The van der Waals surface area contributed by atoms with Gasteiger partial charge in [-0.3, -0.25) is 9.80 Å². The van der Waals surface area contributed by atoms with E-state index in [1.165, 1.54) is 10.0 Å². The third kappa shape index (κ3) is 3.93. The van der Waals surface area contributed by atoms with Crippen molar-refractivity contribution < 1.29 is 4.52 Å². The molecule has 112 valence electrons. The van der Waals surface area contributed by atoms with Crippen molar-refractivity contribution in [3.63, 3.8) is 0 Å². The van der Waals surface area contributed by atoms with Gasteiger partial charge in [-0.1, -0.05) is 39.3 Å². The highest BCUT2D eigenvalue weighted by Crippen LogP contribution is 2.19. The summed E-state index contributed by atoms with van der Waals surface area (Å²) in [7, 11) is 0. The van der Waals surface area contributed by atoms with E-state index in [1.807, 2.05) is 13.0 Å². The van der Waals surface area contributed by atoms with Crippen LogP contribution in [0.1, 0.15) is 17.0 Å². The molecule has 1 aliphatic heterocycles. The molecule has 2 aromatic rings. The molecule has 1 aromatic carbocycles. The second-order valence-corrected chi connectivity index (χ2v) is 6.43. The molecule has 0 bridgehead atoms. The predicted molar refractivity (Wildman–Crippen MR) is 85.9 cm³/mol. The monoisotopic (exact) mass is 349 g/mol. The Morgan fingerprint density at radius 2 is 1.76 bits per heavy atom. The molecule has 0 saturated carbocycles. The Morgan fingerprint density at radius 3 is 2.38 bits per heavy atom. The lowest BCUT2D eigenvalue weighted by atomic mass is 10.2. The maximum atomic E-state index is 5.13. The van der Waals surface area contributed by atoms with E-state index in [4.69, 9.17) is 4.52 Å². The van der Waals surface area contributed by atoms with Crippen molar-refractivity contribution in [3.8, 4) is 0 Å². The largest absolute Gasteiger partial charge is 0.361 e. The van der Waals surface area contributed by atoms with E-state index in [9.17, 15) is 0 Å². The number of halogens is 1. The summed E-state index contributed by atoms with van der Waals surface area (Å²) in [6.07, 6.45) is 0. The highest BCUT2D eigenvalue weighted by Gasteiger charge is 2.18. The fourth-order valence-corrected chi connectivity index (χ4v) is 3.10. The first kappa shape index (κ1) is 14.8. The van der Waals surface area contributed by atoms with Gasteiger partial charge in [0.05, 0.1) is 5.69 Å². The van der Waals surface area contributed by atoms with E-state index >= 15 is 0 Å². The van der Waals surface area contributed by atoms with E-state index in [0.29, 0.717) is 0 Å². The van der Waals surface area contributed by atoms with Crippen LogP contribution in [0.3, 0.4) is 0 Å². The molecule has 1 saturated heterocycles. The minimum Gasteiger partial charge on any atom is -0.361 e. The Labute approximate surface area is 133 Å². The van der Waals surface area contributed by atoms with Crippen molar-refractivity contribution in [2.24, 2.45) is 0 Å². The van der Waals surface area contributed by atoms with E-state index in [1.54, 1.807) is 0 Å². The first-order valence-corrected chi connectivity index (χ1v) is 8.10. The van der Waals surface area contributed by atoms with Crippen molar-refractivity contribution in [2.75, 3.05) is 26.2 Å². The molecule has 4 nitrogen and oxygen atoms in total. The number of nitrogens with zero attached hydrogens (tertiary/aromatic N) is 3. The topological polar surface area (TPSA) is 32.5 Å². The highest BCUT2D eigenvalue weighted by molar-refractivity contribution is 9.10. The number of piperazine rings is 1. The fraction of sp³-hybridized carbons (Fsp3) is 0.438. The number of rotatable bonds is 4. The Bertz CT molecular complexity index is 591. The van der Waals surface area contributed by atoms with Crippen LogP contribution in [0, 0.1) is 6.92 Å². The molecular weight excluding hydrogens is 330 g/mol. The van der Waals surface area contributed by atoms with Crippen molar-refractivity contribution in [3.05, 3.63) is 51.8 Å². The van der Waals surface area contributed by atoms with Gasteiger partial charge < -0.3 is 4.52 Å². The molecule has 1 fully saturated rings. The van der Waals surface area contributed by atoms with Gasteiger partial charge in [-0.2, -0.15) is 0 Å². The molecule has 0 amide bonds. The molecule has 0 unspecified atom stereocenters. The molecule has 0 atom stereocenters. The maximum absolute atomic E-state index is 5.13. The quantitative estimate of drug-likeness (QED) is 0.849. The molecular formula is C16H20BrN3O. The Balaban J connectivity index is 1.50. The molecule has 1 aliphatic rings. The van der Waals surface area contributed by atoms with Gasteiger partial charge in [-0.15, -0.1) is 0 Å². The maximum Gasteiger partial charge on any atom is 0.133 e. The molecule has 0 N–H and O–H groups in total. The summed E-state index contributed by atoms with van der Waals surface area (Å²) in [6, 6.07) is 10.5. The average Bonchev–Trinajstić information content (AvgIpc) is 2.89. The fourth-order valence-electron chi connectivity index (χ4n) is 2.69. The zero-order valence-corrected chi connectivity index (χ0v) is 13.8. The molecule has 0 spiro atoms. The van der Waals surface area contributed by atoms with Crippen molar-refractivity contribution >= 4 is 15.9 Å². The number of hydrogen-bond donors (Lipinski definition) is 0. The normalized spacial score (nSPS) is 17.2. The van der Waals surface area contributed by atoms with E-state index in [-0.39, 0.29) is 0 Å². The summed E-state index contributed by atoms with van der Waals surface area (Å²) < 4.78 is 6.33. The minimum absolute atomic E-state index is 0.887. The molecule has 0 aliphatic carbocycles. The van der Waals surface area contributed by atoms with Crippen molar-refractivity contribution in [1.29, 1.82) is 0 Å². The molecule has 2 heterocycles. The van der Waals surface area contributed by atoms with Gasteiger partial charge in [-0.05, 0) is 18.6 Å². The zero-order chi connectivity index (χ0) is 14.7. The van der Waals surface area contributed by atoms with Gasteiger partial charge in [0.1, 0.15) is 5.76 Å². The van der Waals surface area contributed by atoms with Crippen LogP contribution in [0.5, 0.6) is 0 Å². The average molecular weight is 350 g/mol. The second-order valence-electron chi connectivity index (χ2n) is 5.57. The van der Waals surface area contributed by atoms with Gasteiger partial charge in [-0.25, -0.2) is 0 Å². The predicted octanol–water partition coefficient (Wildman–Crippen LogP) is 3.06. The molecule has 21 heavy (non-hydrogen) atoms. The van der Waals surface area contributed by atoms with Crippen LogP contribution in [0.15, 0.2) is 39.3 Å². The summed E-state index contributed by atoms with van der Waals surface area (Å²) >= 11 is 3.63. The number of benzene rings is 1. The van der Waals surface area contributed by atoms with Crippen LogP contribution in [0.4, 0.5) is 0 Å². The lowest BCUT2D eigenvalue weighted by Crippen LogP contribution is -2.45. The third-order valence-electron chi connectivity index (χ3n) is 3.88. The molecule has 0 radical (unpaired) electrons. The summed E-state index contributed by atoms with van der Waals surface area (Å²) in [5.74, 6) is 0.887. The van der Waals surface area contributed by atoms with Gasteiger partial charge in [0.15, 0.2) is 0 Å². The standard InChI is InChI=1S/C16H20BrN3O/c1-13-10-15(18-21-13)12-20-8-6-19(7-9-20)11-14-4-2-3-5-16(14)17/h2-5,10H,6-9,11-12H2,1H3. The van der Waals surface area contributed by atoms with Gasteiger partial charge in [0, 0.05) is 49.8 Å². The summed E-state index contributed by atoms with van der Waals surface area (Å²) in [6.45, 7) is 8.19. The third-order valence-corrected chi connectivity index (χ3v) is 4.65. The summed E-state index contributed by atoms with van der Waals surface area (Å²) in [4.78, 5) is 4.94. The van der Waals surface area contributed by atoms with Gasteiger partial charge >= 0.3 is 0 Å². The Morgan fingerprint density at radius 1 is 1.10 bits per heavy atom. The minimum atomic E-state index is 0.887. The number of aromatic nitrogens is 1.